The second-order valence-corrected chi connectivity index (χ2v) is 6.55. The maximum Gasteiger partial charge on any atom is 0.0493 e. The van der Waals surface area contributed by atoms with E-state index in [9.17, 15) is 0 Å². The molecule has 110 valence electrons. The van der Waals surface area contributed by atoms with Crippen LogP contribution in [0.4, 0.5) is 5.69 Å². The van der Waals surface area contributed by atoms with Crippen LogP contribution in [0.3, 0.4) is 0 Å². The minimum absolute atomic E-state index is 1.09. The van der Waals surface area contributed by atoms with Gasteiger partial charge in [0.2, 0.25) is 0 Å². The van der Waals surface area contributed by atoms with Gasteiger partial charge in [-0.3, -0.25) is 4.90 Å². The highest BCUT2D eigenvalue weighted by molar-refractivity contribution is 7.99. The van der Waals surface area contributed by atoms with Crippen LogP contribution in [0.5, 0.6) is 0 Å². The van der Waals surface area contributed by atoms with Gasteiger partial charge in [-0.25, -0.2) is 0 Å². The molecule has 0 atom stereocenters. The fourth-order valence-corrected chi connectivity index (χ4v) is 3.49. The van der Waals surface area contributed by atoms with E-state index < -0.39 is 0 Å². The molecule has 2 aromatic rings. The summed E-state index contributed by atoms with van der Waals surface area (Å²) in [5.74, 6) is 1.09. The predicted molar refractivity (Wildman–Crippen MR) is 92.1 cm³/mol. The first-order valence-corrected chi connectivity index (χ1v) is 8.52. The largest absolute Gasteiger partial charge is 0.369 e. The Labute approximate surface area is 131 Å². The second-order valence-electron chi connectivity index (χ2n) is 5.53. The number of thioether (sulfide) groups is 1. The number of hydrogen-bond donors (Lipinski definition) is 0. The van der Waals surface area contributed by atoms with Gasteiger partial charge in [0.1, 0.15) is 0 Å². The molecule has 0 saturated carbocycles. The average molecular weight is 298 g/mol. The number of rotatable bonds is 4. The number of aryl methyl sites for hydroxylation is 1. The first-order chi connectivity index (χ1) is 10.3. The van der Waals surface area contributed by atoms with Crippen LogP contribution in [0.2, 0.25) is 0 Å². The lowest BCUT2D eigenvalue weighted by atomic mass is 10.2. The zero-order chi connectivity index (χ0) is 14.5. The van der Waals surface area contributed by atoms with Gasteiger partial charge in [-0.15, -0.1) is 11.8 Å². The van der Waals surface area contributed by atoms with E-state index >= 15 is 0 Å². The maximum atomic E-state index is 2.55. The number of para-hydroxylation sites is 1. The van der Waals surface area contributed by atoms with Gasteiger partial charge in [0, 0.05) is 42.6 Å². The summed E-state index contributed by atoms with van der Waals surface area (Å²) in [5, 5.41) is 0. The Hall–Kier alpha value is -1.45. The number of nitrogens with zero attached hydrogens (tertiary/aromatic N) is 2. The Balaban J connectivity index is 1.47. The van der Waals surface area contributed by atoms with Crippen LogP contribution in [0, 0.1) is 6.92 Å². The summed E-state index contributed by atoms with van der Waals surface area (Å²) >= 11 is 1.94. The monoisotopic (exact) mass is 298 g/mol. The van der Waals surface area contributed by atoms with Gasteiger partial charge in [-0.2, -0.15) is 0 Å². The van der Waals surface area contributed by atoms with E-state index in [1.54, 1.807) is 0 Å². The quantitative estimate of drug-likeness (QED) is 0.791. The Morgan fingerprint density at radius 1 is 0.857 bits per heavy atom. The van der Waals surface area contributed by atoms with E-state index in [0.717, 1.165) is 32.1 Å². The molecule has 2 aromatic carbocycles. The fourth-order valence-electron chi connectivity index (χ4n) is 2.57. The van der Waals surface area contributed by atoms with Crippen LogP contribution in [-0.2, 0) is 0 Å². The van der Waals surface area contributed by atoms with Gasteiger partial charge in [0.05, 0.1) is 0 Å². The zero-order valence-electron chi connectivity index (χ0n) is 12.5. The number of piperazine rings is 1. The summed E-state index contributed by atoms with van der Waals surface area (Å²) in [6, 6.07) is 19.6. The van der Waals surface area contributed by atoms with Crippen molar-refractivity contribution in [3.63, 3.8) is 0 Å². The lowest BCUT2D eigenvalue weighted by molar-refractivity contribution is 0.301. The van der Waals surface area contributed by atoms with E-state index in [1.807, 2.05) is 11.8 Å². The lowest BCUT2D eigenvalue weighted by Gasteiger charge is -2.35. The van der Waals surface area contributed by atoms with Crippen molar-refractivity contribution in [2.24, 2.45) is 0 Å². The van der Waals surface area contributed by atoms with Gasteiger partial charge in [-0.1, -0.05) is 35.9 Å². The molecule has 1 aliphatic heterocycles. The molecular weight excluding hydrogens is 276 g/mol. The van der Waals surface area contributed by atoms with E-state index in [-0.39, 0.29) is 0 Å². The van der Waals surface area contributed by atoms with E-state index in [2.05, 4.69) is 71.3 Å². The molecule has 0 amide bonds. The van der Waals surface area contributed by atoms with Crippen LogP contribution in [0.25, 0.3) is 0 Å². The Morgan fingerprint density at radius 3 is 2.19 bits per heavy atom. The molecular formula is C18H22N2S. The van der Waals surface area contributed by atoms with Crippen molar-refractivity contribution >= 4 is 17.4 Å². The van der Waals surface area contributed by atoms with Crippen LogP contribution >= 0.6 is 11.8 Å². The summed E-state index contributed by atoms with van der Waals surface area (Å²) in [6.07, 6.45) is 0. The Bertz CT molecular complexity index is 545. The molecule has 0 spiro atoms. The van der Waals surface area contributed by atoms with Gasteiger partial charge < -0.3 is 4.90 Å². The summed E-state index contributed by atoms with van der Waals surface area (Å²) in [7, 11) is 0. The average Bonchev–Trinajstić information content (AvgIpc) is 2.56. The molecule has 0 radical (unpaired) electrons. The van der Waals surface area contributed by atoms with Crippen LogP contribution in [0.1, 0.15) is 5.56 Å². The third-order valence-electron chi connectivity index (χ3n) is 3.93. The van der Waals surface area contributed by atoms with Crippen molar-refractivity contribution in [2.75, 3.05) is 37.0 Å². The molecule has 2 nitrogen and oxygen atoms in total. The summed E-state index contributed by atoms with van der Waals surface area (Å²) in [4.78, 5) is 6.39. The van der Waals surface area contributed by atoms with E-state index in [1.165, 1.54) is 16.1 Å². The molecule has 1 saturated heterocycles. The second kappa shape index (κ2) is 7.01. The molecule has 0 aliphatic carbocycles. The first kappa shape index (κ1) is 14.5. The minimum atomic E-state index is 1.09. The third kappa shape index (κ3) is 4.02. The molecule has 3 rings (SSSR count). The van der Waals surface area contributed by atoms with Crippen molar-refractivity contribution < 1.29 is 0 Å². The van der Waals surface area contributed by atoms with Gasteiger partial charge in [-0.05, 0) is 31.2 Å². The normalized spacial score (nSPS) is 16.1. The summed E-state index contributed by atoms with van der Waals surface area (Å²) in [6.45, 7) is 6.68. The van der Waals surface area contributed by atoms with Crippen LogP contribution in [0.15, 0.2) is 59.5 Å². The highest BCUT2D eigenvalue weighted by Gasteiger charge is 2.16. The standard InChI is InChI=1S/C18H22N2S/c1-16-7-9-18(10-8-16)21-15-19-11-13-20(14-12-19)17-5-3-2-4-6-17/h2-10H,11-15H2,1H3. The van der Waals surface area contributed by atoms with Crippen molar-refractivity contribution in [3.8, 4) is 0 Å². The van der Waals surface area contributed by atoms with Crippen LogP contribution in [-0.4, -0.2) is 37.0 Å². The van der Waals surface area contributed by atoms with Gasteiger partial charge >= 0.3 is 0 Å². The molecule has 1 heterocycles. The number of anilines is 1. The van der Waals surface area contributed by atoms with Gasteiger partial charge in [0.15, 0.2) is 0 Å². The van der Waals surface area contributed by atoms with Crippen LogP contribution < -0.4 is 4.90 Å². The molecule has 0 bridgehead atoms. The highest BCUT2D eigenvalue weighted by Crippen LogP contribution is 2.21. The maximum absolute atomic E-state index is 2.55. The summed E-state index contributed by atoms with van der Waals surface area (Å²) in [5.41, 5.74) is 2.68. The minimum Gasteiger partial charge on any atom is -0.369 e. The molecule has 0 N–H and O–H groups in total. The number of benzene rings is 2. The Kier molecular flexibility index (Phi) is 4.84. The zero-order valence-corrected chi connectivity index (χ0v) is 13.4. The van der Waals surface area contributed by atoms with Crippen molar-refractivity contribution in [1.82, 2.24) is 4.90 Å². The van der Waals surface area contributed by atoms with Crippen molar-refractivity contribution in [1.29, 1.82) is 0 Å². The first-order valence-electron chi connectivity index (χ1n) is 7.53. The number of hydrogen-bond acceptors (Lipinski definition) is 3. The third-order valence-corrected chi connectivity index (χ3v) is 5.03. The van der Waals surface area contributed by atoms with Crippen molar-refractivity contribution in [2.45, 2.75) is 11.8 Å². The topological polar surface area (TPSA) is 6.48 Å². The van der Waals surface area contributed by atoms with Crippen molar-refractivity contribution in [3.05, 3.63) is 60.2 Å². The predicted octanol–water partition coefficient (Wildman–Crippen LogP) is 3.87. The smallest absolute Gasteiger partial charge is 0.0493 e. The highest BCUT2D eigenvalue weighted by atomic mass is 32.2. The lowest BCUT2D eigenvalue weighted by Crippen LogP contribution is -2.46. The summed E-state index contributed by atoms with van der Waals surface area (Å²) < 4.78 is 0. The fraction of sp³-hybridized carbons (Fsp3) is 0.333. The Morgan fingerprint density at radius 2 is 1.52 bits per heavy atom. The van der Waals surface area contributed by atoms with E-state index in [0.29, 0.717) is 0 Å². The molecule has 0 unspecified atom stereocenters. The molecule has 3 heteroatoms. The van der Waals surface area contributed by atoms with Gasteiger partial charge in [0.25, 0.3) is 0 Å². The molecule has 0 aromatic heterocycles. The molecule has 1 fully saturated rings. The SMILES string of the molecule is Cc1ccc(SCN2CCN(c3ccccc3)CC2)cc1. The molecule has 21 heavy (non-hydrogen) atoms. The van der Waals surface area contributed by atoms with E-state index in [4.69, 9.17) is 0 Å². The molecule has 1 aliphatic rings.